The van der Waals surface area contributed by atoms with E-state index >= 15 is 0 Å². The fraction of sp³-hybridized carbons (Fsp3) is 0.235. The molecule has 6 heteroatoms. The summed E-state index contributed by atoms with van der Waals surface area (Å²) >= 11 is 6.04. The van der Waals surface area contributed by atoms with Crippen LogP contribution in [-0.4, -0.2) is 23.3 Å². The fourth-order valence-electron chi connectivity index (χ4n) is 1.97. The van der Waals surface area contributed by atoms with Gasteiger partial charge in [0.05, 0.1) is 0 Å². The Balaban J connectivity index is 2.16. The number of aromatic nitrogens is 1. The van der Waals surface area contributed by atoms with Crippen molar-refractivity contribution in [3.63, 3.8) is 0 Å². The van der Waals surface area contributed by atoms with Gasteiger partial charge in [-0.25, -0.2) is 0 Å². The second kappa shape index (κ2) is 7.74. The molecule has 2 rings (SSSR count). The van der Waals surface area contributed by atoms with Crippen LogP contribution in [0.25, 0.3) is 0 Å². The van der Waals surface area contributed by atoms with Gasteiger partial charge in [-0.2, -0.15) is 0 Å². The van der Waals surface area contributed by atoms with E-state index in [1.54, 1.807) is 24.3 Å². The van der Waals surface area contributed by atoms with Crippen molar-refractivity contribution in [3.05, 3.63) is 58.4 Å². The molecule has 1 aromatic heterocycles. The van der Waals surface area contributed by atoms with E-state index in [0.717, 1.165) is 12.0 Å². The average molecular weight is 332 g/mol. The predicted molar refractivity (Wildman–Crippen MR) is 91.0 cm³/mol. The molecule has 0 aliphatic carbocycles. The number of carbonyl (C=O) groups excluding carboxylic acids is 2. The van der Waals surface area contributed by atoms with Crippen LogP contribution in [0.3, 0.4) is 0 Å². The second-order valence-electron chi connectivity index (χ2n) is 5.05. The van der Waals surface area contributed by atoms with Gasteiger partial charge in [0, 0.05) is 29.0 Å². The predicted octanol–water partition coefficient (Wildman–Crippen LogP) is 3.44. The molecule has 0 fully saturated rings. The first kappa shape index (κ1) is 17.0. The van der Waals surface area contributed by atoms with Crippen LogP contribution in [0.1, 0.15) is 39.8 Å². The molecule has 0 radical (unpaired) electrons. The van der Waals surface area contributed by atoms with Crippen LogP contribution in [0, 0.1) is 6.92 Å². The van der Waals surface area contributed by atoms with E-state index < -0.39 is 0 Å². The molecule has 0 saturated carbocycles. The van der Waals surface area contributed by atoms with Gasteiger partial charge in [0.1, 0.15) is 5.69 Å². The summed E-state index contributed by atoms with van der Waals surface area (Å²) in [7, 11) is 0. The molecule has 0 saturated heterocycles. The van der Waals surface area contributed by atoms with Crippen LogP contribution in [0.5, 0.6) is 0 Å². The minimum absolute atomic E-state index is 0.175. The molecule has 2 aromatic rings. The lowest BCUT2D eigenvalue weighted by molar-refractivity contribution is 0.0953. The van der Waals surface area contributed by atoms with Gasteiger partial charge in [-0.3, -0.25) is 14.6 Å². The topological polar surface area (TPSA) is 71.1 Å². The fourth-order valence-corrected chi connectivity index (χ4v) is 2.14. The molecule has 0 unspecified atom stereocenters. The third-order valence-corrected chi connectivity index (χ3v) is 3.72. The summed E-state index contributed by atoms with van der Waals surface area (Å²) in [6.07, 6.45) is 2.29. The van der Waals surface area contributed by atoms with Crippen molar-refractivity contribution < 1.29 is 9.59 Å². The molecule has 2 amide bonds. The van der Waals surface area contributed by atoms with Crippen LogP contribution in [0.2, 0.25) is 5.02 Å². The summed E-state index contributed by atoms with van der Waals surface area (Å²) in [6.45, 7) is 4.38. The largest absolute Gasteiger partial charge is 0.352 e. The Morgan fingerprint density at radius 1 is 1.22 bits per heavy atom. The zero-order chi connectivity index (χ0) is 16.8. The summed E-state index contributed by atoms with van der Waals surface area (Å²) in [5.41, 5.74) is 1.97. The summed E-state index contributed by atoms with van der Waals surface area (Å²) in [5, 5.41) is 6.10. The summed E-state index contributed by atoms with van der Waals surface area (Å²) < 4.78 is 0. The van der Waals surface area contributed by atoms with Gasteiger partial charge < -0.3 is 10.6 Å². The number of nitrogens with zero attached hydrogens (tertiary/aromatic N) is 1. The lowest BCUT2D eigenvalue weighted by Gasteiger charge is -2.10. The summed E-state index contributed by atoms with van der Waals surface area (Å²) in [6, 6.07) is 8.32. The first-order chi connectivity index (χ1) is 11.0. The third-order valence-electron chi connectivity index (χ3n) is 3.31. The second-order valence-corrected chi connectivity index (χ2v) is 5.46. The van der Waals surface area contributed by atoms with Crippen molar-refractivity contribution in [3.8, 4) is 0 Å². The van der Waals surface area contributed by atoms with Crippen LogP contribution < -0.4 is 10.6 Å². The molecule has 1 aromatic carbocycles. The number of carbonyl (C=O) groups is 2. The number of pyridine rings is 1. The van der Waals surface area contributed by atoms with E-state index in [9.17, 15) is 9.59 Å². The van der Waals surface area contributed by atoms with E-state index in [-0.39, 0.29) is 17.5 Å². The number of anilines is 1. The quantitative estimate of drug-likeness (QED) is 0.881. The highest BCUT2D eigenvalue weighted by Crippen LogP contribution is 2.23. The minimum atomic E-state index is -0.388. The highest BCUT2D eigenvalue weighted by molar-refractivity contribution is 6.31. The molecule has 0 atom stereocenters. The molecular formula is C17H18ClN3O2. The van der Waals surface area contributed by atoms with E-state index in [1.807, 2.05) is 13.8 Å². The molecule has 1 heterocycles. The smallest absolute Gasteiger partial charge is 0.274 e. The van der Waals surface area contributed by atoms with E-state index in [1.165, 1.54) is 12.3 Å². The van der Waals surface area contributed by atoms with Crippen LogP contribution in [-0.2, 0) is 0 Å². The van der Waals surface area contributed by atoms with Crippen molar-refractivity contribution in [2.45, 2.75) is 20.3 Å². The maximum atomic E-state index is 12.3. The van der Waals surface area contributed by atoms with Gasteiger partial charge in [-0.15, -0.1) is 0 Å². The highest BCUT2D eigenvalue weighted by Gasteiger charge is 2.13. The van der Waals surface area contributed by atoms with Crippen LogP contribution in [0.4, 0.5) is 5.69 Å². The monoisotopic (exact) mass is 331 g/mol. The number of amides is 2. The van der Waals surface area contributed by atoms with E-state index in [4.69, 9.17) is 11.6 Å². The van der Waals surface area contributed by atoms with Crippen molar-refractivity contribution in [2.24, 2.45) is 0 Å². The molecule has 0 spiro atoms. The van der Waals surface area contributed by atoms with Gasteiger partial charge in [0.2, 0.25) is 0 Å². The molecule has 0 aliphatic rings. The van der Waals surface area contributed by atoms with Crippen LogP contribution >= 0.6 is 11.6 Å². The number of halogens is 1. The molecule has 0 bridgehead atoms. The van der Waals surface area contributed by atoms with E-state index in [0.29, 0.717) is 22.8 Å². The zero-order valence-electron chi connectivity index (χ0n) is 13.0. The van der Waals surface area contributed by atoms with Crippen molar-refractivity contribution >= 4 is 29.1 Å². The van der Waals surface area contributed by atoms with Crippen molar-refractivity contribution in [1.29, 1.82) is 0 Å². The van der Waals surface area contributed by atoms with Crippen molar-refractivity contribution in [1.82, 2.24) is 10.3 Å². The number of nitrogens with one attached hydrogen (secondary N) is 2. The van der Waals surface area contributed by atoms with Gasteiger partial charge in [0.15, 0.2) is 0 Å². The van der Waals surface area contributed by atoms with Gasteiger partial charge in [-0.1, -0.05) is 24.6 Å². The summed E-state index contributed by atoms with van der Waals surface area (Å²) in [4.78, 5) is 28.3. The van der Waals surface area contributed by atoms with Crippen molar-refractivity contribution in [2.75, 3.05) is 11.9 Å². The molecule has 2 N–H and O–H groups in total. The molecule has 23 heavy (non-hydrogen) atoms. The van der Waals surface area contributed by atoms with E-state index in [2.05, 4.69) is 15.6 Å². The third kappa shape index (κ3) is 4.29. The maximum Gasteiger partial charge on any atom is 0.274 e. The Kier molecular flexibility index (Phi) is 5.71. The SMILES string of the molecule is CCCNC(=O)c1ccnc(C(=O)Nc2cccc(Cl)c2C)c1. The molecule has 0 aliphatic heterocycles. The lowest BCUT2D eigenvalue weighted by atomic mass is 10.1. The standard InChI is InChI=1S/C17H18ClN3O2/c1-3-8-20-16(22)12-7-9-19-15(10-12)17(23)21-14-6-4-5-13(18)11(14)2/h4-7,9-10H,3,8H2,1-2H3,(H,20,22)(H,21,23). The Labute approximate surface area is 140 Å². The molecular weight excluding hydrogens is 314 g/mol. The van der Waals surface area contributed by atoms with Gasteiger partial charge in [-0.05, 0) is 43.2 Å². The van der Waals surface area contributed by atoms with Gasteiger partial charge in [0.25, 0.3) is 11.8 Å². The Morgan fingerprint density at radius 3 is 2.74 bits per heavy atom. The highest BCUT2D eigenvalue weighted by atomic mass is 35.5. The average Bonchev–Trinajstić information content (AvgIpc) is 2.57. The normalized spacial score (nSPS) is 10.2. The summed E-state index contributed by atoms with van der Waals surface area (Å²) in [5.74, 6) is -0.609. The first-order valence-corrected chi connectivity index (χ1v) is 7.71. The number of rotatable bonds is 5. The Bertz CT molecular complexity index is 732. The first-order valence-electron chi connectivity index (χ1n) is 7.33. The molecule has 120 valence electrons. The van der Waals surface area contributed by atoms with Gasteiger partial charge >= 0.3 is 0 Å². The number of hydrogen-bond acceptors (Lipinski definition) is 3. The van der Waals surface area contributed by atoms with Crippen LogP contribution in [0.15, 0.2) is 36.5 Å². The lowest BCUT2D eigenvalue weighted by Crippen LogP contribution is -2.24. The Morgan fingerprint density at radius 2 is 2.00 bits per heavy atom. The number of hydrogen-bond donors (Lipinski definition) is 2. The molecule has 5 nitrogen and oxygen atoms in total. The maximum absolute atomic E-state index is 12.3. The Hall–Kier alpha value is -2.40. The minimum Gasteiger partial charge on any atom is -0.352 e. The number of benzene rings is 1. The zero-order valence-corrected chi connectivity index (χ0v) is 13.8.